The number of hydrogen-bond acceptors (Lipinski definition) is 5. The highest BCUT2D eigenvalue weighted by Crippen LogP contribution is 2.20. The fourth-order valence-electron chi connectivity index (χ4n) is 4.25. The first-order valence-electron chi connectivity index (χ1n) is 12.8. The first kappa shape index (κ1) is 29.0. The van der Waals surface area contributed by atoms with Crippen LogP contribution in [0.3, 0.4) is 0 Å². The van der Waals surface area contributed by atoms with Crippen LogP contribution in [0.15, 0.2) is 60.9 Å². The number of nitrogens with one attached hydrogen (secondary N) is 4. The highest BCUT2D eigenvalue weighted by Gasteiger charge is 2.23. The van der Waals surface area contributed by atoms with Gasteiger partial charge in [0.1, 0.15) is 12.1 Å². The van der Waals surface area contributed by atoms with Crippen LogP contribution in [0.5, 0.6) is 0 Å². The topological polar surface area (TPSA) is 159 Å². The monoisotopic (exact) mass is 533 g/mol. The molecule has 0 saturated heterocycles. The van der Waals surface area contributed by atoms with Crippen molar-refractivity contribution in [3.05, 3.63) is 72.1 Å². The van der Waals surface area contributed by atoms with Gasteiger partial charge in [0, 0.05) is 60.9 Å². The smallest absolute Gasteiger partial charge is 0.328 e. The molecule has 4 rings (SSSR count). The molecule has 0 bridgehead atoms. The lowest BCUT2D eigenvalue weighted by Gasteiger charge is -2.16. The lowest BCUT2D eigenvalue weighted by Crippen LogP contribution is -2.44. The highest BCUT2D eigenvalue weighted by atomic mass is 16.5. The number of nitrogens with two attached hydrogens (primary N) is 1. The minimum absolute atomic E-state index is 0.242. The maximum absolute atomic E-state index is 12.1. The molecule has 2 unspecified atom stereocenters. The number of ether oxygens (including phenoxy) is 1. The van der Waals surface area contributed by atoms with Gasteiger partial charge in [0.15, 0.2) is 0 Å². The predicted octanol–water partition coefficient (Wildman–Crippen LogP) is 2.87. The summed E-state index contributed by atoms with van der Waals surface area (Å²) in [6.45, 7) is 5.06. The Labute approximate surface area is 226 Å². The molecule has 3 amide bonds. The summed E-state index contributed by atoms with van der Waals surface area (Å²) >= 11 is 0. The number of hydrogen-bond donors (Lipinski definition) is 5. The van der Waals surface area contributed by atoms with E-state index in [0.717, 1.165) is 39.4 Å². The third-order valence-corrected chi connectivity index (χ3v) is 6.03. The molecule has 4 aromatic rings. The summed E-state index contributed by atoms with van der Waals surface area (Å²) in [6.07, 6.45) is 5.26. The number of primary amides is 1. The number of para-hydroxylation sites is 2. The van der Waals surface area contributed by atoms with E-state index in [4.69, 9.17) is 10.5 Å². The molecule has 0 aliphatic carbocycles. The fourth-order valence-corrected chi connectivity index (χ4v) is 4.25. The minimum Gasteiger partial charge on any atom is -0.464 e. The lowest BCUT2D eigenvalue weighted by atomic mass is 10.0. The Morgan fingerprint density at radius 1 is 0.795 bits per heavy atom. The minimum atomic E-state index is -0.679. The van der Waals surface area contributed by atoms with E-state index in [1.54, 1.807) is 0 Å². The number of amides is 3. The Morgan fingerprint density at radius 3 is 1.72 bits per heavy atom. The van der Waals surface area contributed by atoms with Gasteiger partial charge in [-0.3, -0.25) is 14.4 Å². The second kappa shape index (κ2) is 13.8. The summed E-state index contributed by atoms with van der Waals surface area (Å²) < 4.78 is 5.15. The van der Waals surface area contributed by atoms with Crippen LogP contribution in [0.2, 0.25) is 0 Å². The van der Waals surface area contributed by atoms with E-state index < -0.39 is 24.0 Å². The van der Waals surface area contributed by atoms with E-state index in [1.807, 2.05) is 67.8 Å². The molecule has 6 N–H and O–H groups in total. The van der Waals surface area contributed by atoms with Crippen molar-refractivity contribution in [3.63, 3.8) is 0 Å². The van der Waals surface area contributed by atoms with Gasteiger partial charge in [-0.05, 0) is 29.7 Å². The molecular weight excluding hydrogens is 498 g/mol. The third-order valence-electron chi connectivity index (χ3n) is 6.03. The summed E-state index contributed by atoms with van der Waals surface area (Å²) in [5.74, 6) is -1.43. The predicted molar refractivity (Wildman–Crippen MR) is 150 cm³/mol. The first-order valence-corrected chi connectivity index (χ1v) is 12.8. The van der Waals surface area contributed by atoms with Gasteiger partial charge in [-0.2, -0.15) is 0 Å². The quantitative estimate of drug-likeness (QED) is 0.198. The van der Waals surface area contributed by atoms with Crippen molar-refractivity contribution in [1.82, 2.24) is 20.6 Å². The van der Waals surface area contributed by atoms with E-state index in [9.17, 15) is 19.2 Å². The number of aromatic amines is 2. The van der Waals surface area contributed by atoms with Crippen molar-refractivity contribution in [2.45, 2.75) is 52.1 Å². The van der Waals surface area contributed by atoms with Crippen LogP contribution in [0.4, 0.5) is 0 Å². The molecular formula is C29H35N5O5. The molecule has 2 aromatic heterocycles. The molecule has 10 heteroatoms. The van der Waals surface area contributed by atoms with Crippen LogP contribution < -0.4 is 16.4 Å². The summed E-state index contributed by atoms with van der Waals surface area (Å²) in [5, 5.41) is 7.31. The first-order chi connectivity index (χ1) is 18.7. The van der Waals surface area contributed by atoms with Crippen LogP contribution in [0.1, 0.15) is 38.3 Å². The zero-order valence-corrected chi connectivity index (χ0v) is 22.4. The Hall–Kier alpha value is -4.60. The van der Waals surface area contributed by atoms with Crippen LogP contribution in [0.25, 0.3) is 21.8 Å². The second-order valence-electron chi connectivity index (χ2n) is 9.20. The molecule has 39 heavy (non-hydrogen) atoms. The molecule has 206 valence electrons. The van der Waals surface area contributed by atoms with Gasteiger partial charge >= 0.3 is 5.97 Å². The number of carbonyl (C=O) groups is 4. The largest absolute Gasteiger partial charge is 0.464 e. The average molecular weight is 534 g/mol. The van der Waals surface area contributed by atoms with Crippen molar-refractivity contribution < 1.29 is 23.9 Å². The molecule has 2 aromatic carbocycles. The Bertz CT molecular complexity index is 1440. The van der Waals surface area contributed by atoms with Crippen molar-refractivity contribution in [1.29, 1.82) is 0 Å². The summed E-state index contributed by atoms with van der Waals surface area (Å²) in [5.41, 5.74) is 9.24. The zero-order valence-electron chi connectivity index (χ0n) is 22.4. The number of benzene rings is 2. The van der Waals surface area contributed by atoms with Crippen LogP contribution in [-0.2, 0) is 36.8 Å². The van der Waals surface area contributed by atoms with Gasteiger partial charge in [0.25, 0.3) is 0 Å². The van der Waals surface area contributed by atoms with Gasteiger partial charge in [-0.1, -0.05) is 43.3 Å². The molecule has 0 spiro atoms. The van der Waals surface area contributed by atoms with E-state index in [2.05, 4.69) is 20.6 Å². The van der Waals surface area contributed by atoms with Crippen LogP contribution >= 0.6 is 0 Å². The van der Waals surface area contributed by atoms with Crippen LogP contribution in [-0.4, -0.2) is 52.3 Å². The lowest BCUT2D eigenvalue weighted by molar-refractivity contribution is -0.147. The van der Waals surface area contributed by atoms with E-state index in [1.165, 1.54) is 13.8 Å². The number of H-pyrrole nitrogens is 2. The van der Waals surface area contributed by atoms with E-state index in [-0.39, 0.29) is 11.8 Å². The number of aromatic nitrogens is 2. The summed E-state index contributed by atoms with van der Waals surface area (Å²) in [4.78, 5) is 52.0. The number of rotatable bonds is 10. The zero-order chi connectivity index (χ0) is 28.4. The van der Waals surface area contributed by atoms with Crippen molar-refractivity contribution in [2.75, 3.05) is 6.61 Å². The van der Waals surface area contributed by atoms with Gasteiger partial charge in [0.05, 0.1) is 6.61 Å². The van der Waals surface area contributed by atoms with Crippen molar-refractivity contribution >= 4 is 45.5 Å². The van der Waals surface area contributed by atoms with Gasteiger partial charge in [-0.25, -0.2) is 4.79 Å². The number of carbonyl (C=O) groups excluding carboxylic acids is 4. The fraction of sp³-hybridized carbons (Fsp3) is 0.310. The standard InChI is InChI=1S/C16H20N2O3.C13H15N3O2/c1-3-8-21-16(20)15(18-11(2)19)9-12-10-17-14-7-5-4-6-13(12)14;1-8(17)16-12(13(14)18)6-9-7-15-11-5-3-2-4-10(9)11/h4-7,10,15,17H,3,8-9H2,1-2H3,(H,18,19);2-5,7,12,15H,6H2,1H3,(H2,14,18)(H,16,17). The highest BCUT2D eigenvalue weighted by molar-refractivity contribution is 5.88. The molecule has 2 heterocycles. The molecule has 2 atom stereocenters. The molecule has 0 aliphatic rings. The second-order valence-corrected chi connectivity index (χ2v) is 9.20. The summed E-state index contributed by atoms with van der Waals surface area (Å²) in [6, 6.07) is 14.3. The van der Waals surface area contributed by atoms with Crippen LogP contribution in [0, 0.1) is 0 Å². The van der Waals surface area contributed by atoms with Gasteiger partial charge in [-0.15, -0.1) is 0 Å². The van der Waals surface area contributed by atoms with E-state index in [0.29, 0.717) is 19.4 Å². The van der Waals surface area contributed by atoms with Gasteiger partial charge in [0.2, 0.25) is 17.7 Å². The third kappa shape index (κ3) is 8.19. The molecule has 0 saturated carbocycles. The number of esters is 1. The summed E-state index contributed by atoms with van der Waals surface area (Å²) in [7, 11) is 0. The Kier molecular flexibility index (Phi) is 10.3. The normalized spacial score (nSPS) is 12.2. The Morgan fingerprint density at radius 2 is 1.26 bits per heavy atom. The molecule has 10 nitrogen and oxygen atoms in total. The maximum atomic E-state index is 12.1. The molecule has 0 aliphatic heterocycles. The average Bonchev–Trinajstić information content (AvgIpc) is 3.50. The molecule has 0 fully saturated rings. The van der Waals surface area contributed by atoms with Crippen molar-refractivity contribution in [3.8, 4) is 0 Å². The SMILES string of the molecule is CC(=O)NC(Cc1c[nH]c2ccccc12)C(N)=O.CCCOC(=O)C(Cc1c[nH]c2ccccc12)NC(C)=O. The molecule has 0 radical (unpaired) electrons. The van der Waals surface area contributed by atoms with E-state index >= 15 is 0 Å². The van der Waals surface area contributed by atoms with Crippen molar-refractivity contribution in [2.24, 2.45) is 5.73 Å². The van der Waals surface area contributed by atoms with Gasteiger partial charge < -0.3 is 31.1 Å². The number of fused-ring (bicyclic) bond motifs is 2. The maximum Gasteiger partial charge on any atom is 0.328 e. The Balaban J connectivity index is 0.000000218.